The molecule has 1 aliphatic heterocycles. The number of carbonyl (C=O) groups excluding carboxylic acids is 1. The maximum Gasteiger partial charge on any atom is 0.229 e. The Labute approximate surface area is 87.0 Å². The second-order valence-electron chi connectivity index (χ2n) is 4.09. The van der Waals surface area contributed by atoms with E-state index in [1.54, 1.807) is 0 Å². The Kier molecular flexibility index (Phi) is 6.67. The smallest absolute Gasteiger partial charge is 0.229 e. The van der Waals surface area contributed by atoms with Crippen molar-refractivity contribution in [3.8, 4) is 0 Å². The van der Waals surface area contributed by atoms with Crippen LogP contribution in [0.4, 0.5) is 0 Å². The third-order valence-electron chi connectivity index (χ3n) is 2.81. The summed E-state index contributed by atoms with van der Waals surface area (Å²) in [7, 11) is 0. The normalized spacial score (nSPS) is 27.3. The lowest BCUT2D eigenvalue weighted by Gasteiger charge is -2.12. The van der Waals surface area contributed by atoms with Crippen LogP contribution in [0.2, 0.25) is 0 Å². The van der Waals surface area contributed by atoms with Crippen molar-refractivity contribution in [2.24, 2.45) is 0 Å². The van der Waals surface area contributed by atoms with Crippen molar-refractivity contribution in [2.75, 3.05) is 6.61 Å². The highest BCUT2D eigenvalue weighted by atomic mass is 16.5. The summed E-state index contributed by atoms with van der Waals surface area (Å²) in [5.74, 6) is 0. The minimum absolute atomic E-state index is 0.255. The van der Waals surface area contributed by atoms with E-state index in [0.29, 0.717) is 0 Å². The first-order chi connectivity index (χ1) is 6.93. The van der Waals surface area contributed by atoms with E-state index < -0.39 is 0 Å². The van der Waals surface area contributed by atoms with Crippen molar-refractivity contribution in [3.63, 3.8) is 0 Å². The van der Waals surface area contributed by atoms with Gasteiger partial charge in [-0.05, 0) is 12.8 Å². The molecular weight excluding hydrogens is 176 g/mol. The summed E-state index contributed by atoms with van der Waals surface area (Å²) in [5, 5.41) is 0. The Hall–Kier alpha value is -0.370. The number of ether oxygens (including phenoxy) is 1. The third-order valence-corrected chi connectivity index (χ3v) is 2.81. The largest absolute Gasteiger partial charge is 0.370 e. The fourth-order valence-electron chi connectivity index (χ4n) is 1.89. The lowest BCUT2D eigenvalue weighted by Crippen LogP contribution is -2.15. The van der Waals surface area contributed by atoms with Gasteiger partial charge in [-0.1, -0.05) is 44.9 Å². The molecule has 2 heteroatoms. The van der Waals surface area contributed by atoms with Crippen molar-refractivity contribution < 1.29 is 9.53 Å². The Balaban J connectivity index is 2.20. The Morgan fingerprint density at radius 2 is 1.43 bits per heavy atom. The highest BCUT2D eigenvalue weighted by Gasteiger charge is 2.08. The molecule has 0 bridgehead atoms. The van der Waals surface area contributed by atoms with Gasteiger partial charge in [-0.3, -0.25) is 4.79 Å². The van der Waals surface area contributed by atoms with Crippen LogP contribution in [0.1, 0.15) is 57.8 Å². The van der Waals surface area contributed by atoms with Gasteiger partial charge in [-0.15, -0.1) is 0 Å². The molecule has 0 spiro atoms. The van der Waals surface area contributed by atoms with Crippen LogP contribution in [0.5, 0.6) is 0 Å². The van der Waals surface area contributed by atoms with Crippen molar-refractivity contribution >= 4 is 6.29 Å². The molecule has 1 saturated heterocycles. The quantitative estimate of drug-likeness (QED) is 0.646. The zero-order chi connectivity index (χ0) is 10.1. The fraction of sp³-hybridized carbons (Fsp3) is 0.917. The van der Waals surface area contributed by atoms with E-state index in [1.165, 1.54) is 38.5 Å². The monoisotopic (exact) mass is 197 g/mol. The maximum absolute atomic E-state index is 10.5. The van der Waals surface area contributed by atoms with E-state index in [4.69, 9.17) is 4.74 Å². The maximum atomic E-state index is 10.5. The molecular formula is C12H21O2. The first kappa shape index (κ1) is 11.7. The van der Waals surface area contributed by atoms with Gasteiger partial charge in [0.15, 0.2) is 0 Å². The van der Waals surface area contributed by atoms with Crippen LogP contribution in [0.15, 0.2) is 0 Å². The Bertz CT molecular complexity index is 133. The lowest BCUT2D eigenvalue weighted by molar-refractivity contribution is 0.0840. The van der Waals surface area contributed by atoms with Crippen LogP contribution in [0, 0.1) is 0 Å². The van der Waals surface area contributed by atoms with E-state index in [1.807, 2.05) is 6.29 Å². The predicted molar refractivity (Wildman–Crippen MR) is 57.0 cm³/mol. The fourth-order valence-corrected chi connectivity index (χ4v) is 1.89. The third kappa shape index (κ3) is 5.38. The number of rotatable bonds is 1. The minimum atomic E-state index is -0.255. The molecule has 2 nitrogen and oxygen atoms in total. The van der Waals surface area contributed by atoms with Gasteiger partial charge in [0.05, 0.1) is 0 Å². The first-order valence-corrected chi connectivity index (χ1v) is 5.93. The lowest BCUT2D eigenvalue weighted by atomic mass is 10.1. The molecule has 0 aromatic carbocycles. The van der Waals surface area contributed by atoms with Crippen LogP contribution >= 0.6 is 0 Å². The molecule has 14 heavy (non-hydrogen) atoms. The molecule has 1 unspecified atom stereocenters. The molecule has 1 radical (unpaired) electrons. The number of hydrogen-bond donors (Lipinski definition) is 0. The van der Waals surface area contributed by atoms with Gasteiger partial charge in [0, 0.05) is 6.61 Å². The van der Waals surface area contributed by atoms with Gasteiger partial charge in [-0.2, -0.15) is 0 Å². The first-order valence-electron chi connectivity index (χ1n) is 5.93. The minimum Gasteiger partial charge on any atom is -0.370 e. The van der Waals surface area contributed by atoms with Gasteiger partial charge in [0.1, 0.15) is 6.10 Å². The molecule has 1 aliphatic rings. The van der Waals surface area contributed by atoms with Gasteiger partial charge < -0.3 is 4.74 Å². The SMILES string of the molecule is O=[C]C1CCCCCCCCCCO1. The Morgan fingerprint density at radius 1 is 0.857 bits per heavy atom. The average molecular weight is 197 g/mol. The molecule has 1 rings (SSSR count). The Morgan fingerprint density at radius 3 is 2.07 bits per heavy atom. The molecule has 0 N–H and O–H groups in total. The summed E-state index contributed by atoms with van der Waals surface area (Å²) in [5.41, 5.74) is 0. The predicted octanol–water partition coefficient (Wildman–Crippen LogP) is 3.01. The topological polar surface area (TPSA) is 26.3 Å². The molecule has 0 aromatic heterocycles. The molecule has 1 fully saturated rings. The summed E-state index contributed by atoms with van der Waals surface area (Å²) < 4.78 is 5.44. The van der Waals surface area contributed by atoms with Crippen LogP contribution in [-0.2, 0) is 9.53 Å². The van der Waals surface area contributed by atoms with Crippen LogP contribution in [0.25, 0.3) is 0 Å². The second-order valence-corrected chi connectivity index (χ2v) is 4.09. The van der Waals surface area contributed by atoms with Crippen LogP contribution in [-0.4, -0.2) is 19.0 Å². The summed E-state index contributed by atoms with van der Waals surface area (Å²) >= 11 is 0. The zero-order valence-corrected chi connectivity index (χ0v) is 8.96. The van der Waals surface area contributed by atoms with Gasteiger partial charge in [0.2, 0.25) is 6.29 Å². The van der Waals surface area contributed by atoms with Crippen molar-refractivity contribution in [3.05, 3.63) is 0 Å². The molecule has 1 atom stereocenters. The van der Waals surface area contributed by atoms with E-state index in [0.717, 1.165) is 25.9 Å². The average Bonchev–Trinajstić information content (AvgIpc) is 2.19. The van der Waals surface area contributed by atoms with E-state index in [2.05, 4.69) is 0 Å². The summed E-state index contributed by atoms with van der Waals surface area (Å²) in [4.78, 5) is 10.5. The van der Waals surface area contributed by atoms with Crippen molar-refractivity contribution in [1.82, 2.24) is 0 Å². The molecule has 0 aromatic rings. The van der Waals surface area contributed by atoms with Gasteiger partial charge in [-0.25, -0.2) is 0 Å². The standard InChI is InChI=1S/C12H21O2/c13-11-12-9-7-5-3-1-2-4-6-8-10-14-12/h12H,1-10H2. The van der Waals surface area contributed by atoms with Crippen molar-refractivity contribution in [1.29, 1.82) is 0 Å². The highest BCUT2D eigenvalue weighted by molar-refractivity contribution is 5.56. The van der Waals surface area contributed by atoms with E-state index in [-0.39, 0.29) is 6.10 Å². The number of hydrogen-bond acceptors (Lipinski definition) is 2. The molecule has 0 amide bonds. The zero-order valence-electron chi connectivity index (χ0n) is 8.96. The summed E-state index contributed by atoms with van der Waals surface area (Å²) in [6.07, 6.45) is 12.6. The molecule has 0 aliphatic carbocycles. The molecule has 1 heterocycles. The van der Waals surface area contributed by atoms with E-state index in [9.17, 15) is 4.79 Å². The highest BCUT2D eigenvalue weighted by Crippen LogP contribution is 2.13. The van der Waals surface area contributed by atoms with Crippen LogP contribution < -0.4 is 0 Å². The second kappa shape index (κ2) is 7.98. The molecule has 0 saturated carbocycles. The van der Waals surface area contributed by atoms with E-state index >= 15 is 0 Å². The summed E-state index contributed by atoms with van der Waals surface area (Å²) in [6.45, 7) is 0.736. The summed E-state index contributed by atoms with van der Waals surface area (Å²) in [6, 6.07) is 0. The van der Waals surface area contributed by atoms with Crippen LogP contribution in [0.3, 0.4) is 0 Å². The van der Waals surface area contributed by atoms with Gasteiger partial charge >= 0.3 is 0 Å². The molecule has 81 valence electrons. The van der Waals surface area contributed by atoms with Gasteiger partial charge in [0.25, 0.3) is 0 Å². The van der Waals surface area contributed by atoms with Crippen molar-refractivity contribution in [2.45, 2.75) is 63.9 Å².